The molecule has 0 fully saturated rings. The Kier molecular flexibility index (Phi) is 17.8. The number of H-pyrrole nitrogens is 1. The molecular formula is C36H50FN5O2S. The van der Waals surface area contributed by atoms with E-state index in [-0.39, 0.29) is 30.1 Å². The molecule has 2 aromatic heterocycles. The zero-order valence-corrected chi connectivity index (χ0v) is 27.7. The number of aromatic amines is 1. The van der Waals surface area contributed by atoms with E-state index < -0.39 is 0 Å². The van der Waals surface area contributed by atoms with Crippen molar-refractivity contribution in [2.24, 2.45) is 0 Å². The van der Waals surface area contributed by atoms with Gasteiger partial charge >= 0.3 is 0 Å². The Bertz CT molecular complexity index is 1330. The van der Waals surface area contributed by atoms with E-state index in [2.05, 4.69) is 44.3 Å². The number of carbonyl (C=O) groups is 1. The highest BCUT2D eigenvalue weighted by atomic mass is 32.2. The molecule has 3 aromatic rings. The van der Waals surface area contributed by atoms with Gasteiger partial charge in [-0.2, -0.15) is 0 Å². The summed E-state index contributed by atoms with van der Waals surface area (Å²) < 4.78 is 13.3. The molecule has 0 saturated heterocycles. The summed E-state index contributed by atoms with van der Waals surface area (Å²) in [6.07, 6.45) is 27.2. The lowest BCUT2D eigenvalue weighted by Crippen LogP contribution is -2.29. The van der Waals surface area contributed by atoms with E-state index >= 15 is 0 Å². The Labute approximate surface area is 272 Å². The first kappa shape index (κ1) is 36.1. The lowest BCUT2D eigenvalue weighted by Gasteiger charge is -2.11. The van der Waals surface area contributed by atoms with Gasteiger partial charge in [-0.05, 0) is 55.4 Å². The van der Waals surface area contributed by atoms with Crippen LogP contribution in [0, 0.1) is 5.82 Å². The first-order valence-electron chi connectivity index (χ1n) is 16.7. The monoisotopic (exact) mass is 635 g/mol. The van der Waals surface area contributed by atoms with Crippen LogP contribution in [0.4, 0.5) is 4.39 Å². The maximum atomic E-state index is 13.3. The molecule has 0 saturated carbocycles. The number of nitrogens with one attached hydrogen (secondary N) is 2. The number of halogens is 1. The van der Waals surface area contributed by atoms with Gasteiger partial charge in [0, 0.05) is 36.7 Å². The predicted octanol–water partition coefficient (Wildman–Crippen LogP) is 8.28. The summed E-state index contributed by atoms with van der Waals surface area (Å²) in [6, 6.07) is 6.22. The second-order valence-corrected chi connectivity index (χ2v) is 12.6. The molecule has 0 aliphatic rings. The molecule has 45 heavy (non-hydrogen) atoms. The molecular weight excluding hydrogens is 585 g/mol. The van der Waals surface area contributed by atoms with E-state index in [9.17, 15) is 14.0 Å². The van der Waals surface area contributed by atoms with Crippen molar-refractivity contribution in [3.05, 3.63) is 93.7 Å². The Morgan fingerprint density at radius 1 is 0.867 bits per heavy atom. The highest BCUT2D eigenvalue weighted by molar-refractivity contribution is 7.98. The summed E-state index contributed by atoms with van der Waals surface area (Å²) in [5, 5.41) is 3.43. The lowest BCUT2D eigenvalue weighted by molar-refractivity contribution is -0.120. The standard InChI is InChI=1S/C36H50FN5O2S/c1-2-3-4-5-6-7-8-9-10-11-12-13-14-15-16-17-22-40-34(43)24-33-32(23-30-25-38-28-39-26-30)35(44)42-36(41-33)45-27-29-18-20-31(37)21-19-29/h9-10,18-21,25-26,28H,2-8,11-17,22-24,27H2,1H3,(H,40,43)(H,41,42,44)/b10-9-. The highest BCUT2D eigenvalue weighted by Gasteiger charge is 2.16. The van der Waals surface area contributed by atoms with Crippen molar-refractivity contribution in [1.29, 1.82) is 0 Å². The summed E-state index contributed by atoms with van der Waals surface area (Å²) in [4.78, 5) is 41.5. The molecule has 0 aliphatic heterocycles. The number of benzene rings is 1. The van der Waals surface area contributed by atoms with Crippen LogP contribution in [-0.4, -0.2) is 32.4 Å². The summed E-state index contributed by atoms with van der Waals surface area (Å²) in [5.74, 6) is 0.0624. The number of allylic oxidation sites excluding steroid dienone is 2. The van der Waals surface area contributed by atoms with Gasteiger partial charge in [-0.25, -0.2) is 19.3 Å². The molecule has 1 aromatic carbocycles. The van der Waals surface area contributed by atoms with Crippen LogP contribution in [-0.2, 0) is 23.4 Å². The smallest absolute Gasteiger partial charge is 0.255 e. The molecule has 0 spiro atoms. The Morgan fingerprint density at radius 2 is 1.49 bits per heavy atom. The number of thioether (sulfide) groups is 1. The molecule has 3 rings (SSSR count). The Morgan fingerprint density at radius 3 is 2.16 bits per heavy atom. The average Bonchev–Trinajstić information content (AvgIpc) is 3.04. The number of rotatable bonds is 23. The van der Waals surface area contributed by atoms with Gasteiger partial charge in [0.25, 0.3) is 5.56 Å². The van der Waals surface area contributed by atoms with Crippen LogP contribution in [0.15, 0.2) is 65.1 Å². The molecule has 244 valence electrons. The molecule has 9 heteroatoms. The van der Waals surface area contributed by atoms with Crippen molar-refractivity contribution in [2.75, 3.05) is 6.54 Å². The van der Waals surface area contributed by atoms with Crippen LogP contribution in [0.1, 0.15) is 119 Å². The minimum atomic E-state index is -0.296. The van der Waals surface area contributed by atoms with Crippen molar-refractivity contribution in [3.8, 4) is 0 Å². The Balaban J connectivity index is 1.37. The van der Waals surface area contributed by atoms with Gasteiger partial charge in [-0.3, -0.25) is 9.59 Å². The predicted molar refractivity (Wildman–Crippen MR) is 182 cm³/mol. The van der Waals surface area contributed by atoms with E-state index in [4.69, 9.17) is 0 Å². The first-order chi connectivity index (χ1) is 22.0. The van der Waals surface area contributed by atoms with Gasteiger partial charge in [0.15, 0.2) is 5.16 Å². The maximum Gasteiger partial charge on any atom is 0.255 e. The first-order valence-corrected chi connectivity index (χ1v) is 17.7. The molecule has 0 bridgehead atoms. The van der Waals surface area contributed by atoms with Crippen molar-refractivity contribution in [1.82, 2.24) is 25.3 Å². The number of amides is 1. The van der Waals surface area contributed by atoms with Crippen LogP contribution in [0.2, 0.25) is 0 Å². The zero-order valence-electron chi connectivity index (χ0n) is 26.9. The van der Waals surface area contributed by atoms with Crippen molar-refractivity contribution >= 4 is 17.7 Å². The molecule has 0 aliphatic carbocycles. The average molecular weight is 636 g/mol. The van der Waals surface area contributed by atoms with Gasteiger partial charge in [-0.15, -0.1) is 0 Å². The van der Waals surface area contributed by atoms with Gasteiger partial charge in [0.1, 0.15) is 12.1 Å². The van der Waals surface area contributed by atoms with Crippen molar-refractivity contribution in [2.45, 2.75) is 121 Å². The zero-order chi connectivity index (χ0) is 32.0. The van der Waals surface area contributed by atoms with E-state index in [0.29, 0.717) is 28.7 Å². The summed E-state index contributed by atoms with van der Waals surface area (Å²) >= 11 is 1.34. The summed E-state index contributed by atoms with van der Waals surface area (Å²) in [7, 11) is 0. The second-order valence-electron chi connectivity index (χ2n) is 11.6. The van der Waals surface area contributed by atoms with Gasteiger partial charge in [0.05, 0.1) is 12.1 Å². The second kappa shape index (κ2) is 22.2. The van der Waals surface area contributed by atoms with Crippen LogP contribution in [0.25, 0.3) is 0 Å². The minimum absolute atomic E-state index is 0.0173. The molecule has 1 amide bonds. The van der Waals surface area contributed by atoms with E-state index in [1.165, 1.54) is 107 Å². The molecule has 2 N–H and O–H groups in total. The molecule has 0 radical (unpaired) electrons. The minimum Gasteiger partial charge on any atom is -0.356 e. The molecule has 2 heterocycles. The van der Waals surface area contributed by atoms with E-state index in [1.807, 2.05) is 0 Å². The summed E-state index contributed by atoms with van der Waals surface area (Å²) in [6.45, 7) is 2.87. The van der Waals surface area contributed by atoms with Crippen molar-refractivity contribution in [3.63, 3.8) is 0 Å². The molecule has 7 nitrogen and oxygen atoms in total. The quantitative estimate of drug-likeness (QED) is 0.0471. The molecule has 0 unspecified atom stereocenters. The SMILES string of the molecule is CCCCCCCC/C=C\CCCCCCCCNC(=O)Cc1nc(SCc2ccc(F)cc2)[nH]c(=O)c1Cc1cncnc1. The van der Waals surface area contributed by atoms with Gasteiger partial charge in [0.2, 0.25) is 5.91 Å². The number of aromatic nitrogens is 4. The fourth-order valence-corrected chi connectivity index (χ4v) is 5.93. The van der Waals surface area contributed by atoms with E-state index in [0.717, 1.165) is 24.0 Å². The Hall–Kier alpha value is -3.33. The third-order valence-electron chi connectivity index (χ3n) is 7.70. The number of hydrogen-bond acceptors (Lipinski definition) is 6. The number of hydrogen-bond donors (Lipinski definition) is 2. The van der Waals surface area contributed by atoms with Crippen LogP contribution >= 0.6 is 11.8 Å². The van der Waals surface area contributed by atoms with Gasteiger partial charge < -0.3 is 10.3 Å². The third-order valence-corrected chi connectivity index (χ3v) is 8.65. The fraction of sp³-hybridized carbons (Fsp3) is 0.528. The maximum absolute atomic E-state index is 13.3. The number of nitrogens with zero attached hydrogens (tertiary/aromatic N) is 3. The molecule has 0 atom stereocenters. The largest absolute Gasteiger partial charge is 0.356 e. The van der Waals surface area contributed by atoms with Crippen LogP contribution < -0.4 is 10.9 Å². The normalized spacial score (nSPS) is 11.3. The lowest BCUT2D eigenvalue weighted by atomic mass is 10.1. The van der Waals surface area contributed by atoms with Crippen LogP contribution in [0.5, 0.6) is 0 Å². The van der Waals surface area contributed by atoms with Gasteiger partial charge in [-0.1, -0.05) is 101 Å². The topological polar surface area (TPSA) is 101 Å². The van der Waals surface area contributed by atoms with E-state index in [1.54, 1.807) is 24.5 Å². The number of carbonyl (C=O) groups excluding carboxylic acids is 1. The highest BCUT2D eigenvalue weighted by Crippen LogP contribution is 2.20. The third kappa shape index (κ3) is 15.5. The summed E-state index contributed by atoms with van der Waals surface area (Å²) in [5.41, 5.74) is 2.27. The van der Waals surface area contributed by atoms with Crippen LogP contribution in [0.3, 0.4) is 0 Å². The number of unbranched alkanes of at least 4 members (excludes halogenated alkanes) is 12. The fourth-order valence-electron chi connectivity index (χ4n) is 5.09. The van der Waals surface area contributed by atoms with Crippen molar-refractivity contribution < 1.29 is 9.18 Å².